The highest BCUT2D eigenvalue weighted by Gasteiger charge is 2.26. The molecule has 2 saturated heterocycles. The standard InChI is InChI=1S/C28H35ClN4O2/c29-23-7-9-24(10-8-23)33-21-26(25-5-3-1-2-4-6-27(25)33)22-11-14-32(15-12-22)28(34)30-13-16-31-17-19-35-20-18-31/h1,3,5-10,21-22H,2,4,11-20H2,(H,30,34). The first-order valence-corrected chi connectivity index (χ1v) is 13.2. The molecule has 7 heteroatoms. The summed E-state index contributed by atoms with van der Waals surface area (Å²) in [5, 5.41) is 6.44. The quantitative estimate of drug-likeness (QED) is 0.694. The molecule has 3 aliphatic rings. The molecule has 1 aromatic heterocycles. The van der Waals surface area contributed by atoms with Crippen LogP contribution in [0, 0.1) is 0 Å². The molecule has 0 spiro atoms. The maximum Gasteiger partial charge on any atom is 0.317 e. The largest absolute Gasteiger partial charge is 0.379 e. The van der Waals surface area contributed by atoms with Gasteiger partial charge in [-0.25, -0.2) is 4.79 Å². The molecule has 3 heterocycles. The number of hydrogen-bond donors (Lipinski definition) is 1. The number of nitrogens with zero attached hydrogens (tertiary/aromatic N) is 3. The van der Waals surface area contributed by atoms with Gasteiger partial charge in [-0.15, -0.1) is 0 Å². The number of fused-ring (bicyclic) bond motifs is 1. The maximum absolute atomic E-state index is 12.8. The van der Waals surface area contributed by atoms with Crippen LogP contribution in [0.1, 0.15) is 37.2 Å². The molecule has 1 aliphatic carbocycles. The van der Waals surface area contributed by atoms with Gasteiger partial charge in [0.1, 0.15) is 0 Å². The number of piperidine rings is 1. The minimum absolute atomic E-state index is 0.0635. The molecule has 35 heavy (non-hydrogen) atoms. The zero-order valence-corrected chi connectivity index (χ0v) is 21.1. The summed E-state index contributed by atoms with van der Waals surface area (Å²) >= 11 is 6.15. The van der Waals surface area contributed by atoms with Crippen LogP contribution in [0.15, 0.2) is 42.6 Å². The number of likely N-dealkylation sites (tertiary alicyclic amines) is 1. The van der Waals surface area contributed by atoms with Gasteiger partial charge in [-0.05, 0) is 61.4 Å². The van der Waals surface area contributed by atoms with E-state index in [0.29, 0.717) is 12.5 Å². The van der Waals surface area contributed by atoms with E-state index < -0.39 is 0 Å². The lowest BCUT2D eigenvalue weighted by Crippen LogP contribution is -2.47. The summed E-state index contributed by atoms with van der Waals surface area (Å²) in [7, 11) is 0. The lowest BCUT2D eigenvalue weighted by molar-refractivity contribution is 0.0385. The minimum Gasteiger partial charge on any atom is -0.379 e. The monoisotopic (exact) mass is 494 g/mol. The Morgan fingerprint density at radius 3 is 2.60 bits per heavy atom. The van der Waals surface area contributed by atoms with Crippen LogP contribution >= 0.6 is 11.6 Å². The molecular weight excluding hydrogens is 460 g/mol. The minimum atomic E-state index is 0.0635. The zero-order valence-electron chi connectivity index (χ0n) is 20.3. The van der Waals surface area contributed by atoms with E-state index in [9.17, 15) is 4.79 Å². The predicted molar refractivity (Wildman–Crippen MR) is 142 cm³/mol. The molecule has 1 aromatic carbocycles. The maximum atomic E-state index is 12.8. The SMILES string of the molecule is O=C(NCCN1CCOCC1)N1CCC(c2cn(-c3ccc(Cl)cc3)c3c2=CC=CCCC=3)CC1. The van der Waals surface area contributed by atoms with E-state index in [2.05, 4.69) is 57.4 Å². The Morgan fingerprint density at radius 1 is 1.06 bits per heavy atom. The van der Waals surface area contributed by atoms with Gasteiger partial charge in [-0.1, -0.05) is 35.9 Å². The van der Waals surface area contributed by atoms with Crippen molar-refractivity contribution in [3.63, 3.8) is 0 Å². The molecule has 6 nitrogen and oxygen atoms in total. The molecule has 186 valence electrons. The fourth-order valence-corrected chi connectivity index (χ4v) is 5.44. The van der Waals surface area contributed by atoms with Gasteiger partial charge in [0.2, 0.25) is 0 Å². The van der Waals surface area contributed by atoms with Crippen LogP contribution in [0.2, 0.25) is 5.02 Å². The van der Waals surface area contributed by atoms with Gasteiger partial charge >= 0.3 is 6.03 Å². The van der Waals surface area contributed by atoms with Crippen molar-refractivity contribution in [2.24, 2.45) is 0 Å². The van der Waals surface area contributed by atoms with Gasteiger partial charge in [-0.2, -0.15) is 0 Å². The van der Waals surface area contributed by atoms with Gasteiger partial charge in [0.15, 0.2) is 0 Å². The van der Waals surface area contributed by atoms with Crippen LogP contribution in [0.4, 0.5) is 4.79 Å². The Labute approximate surface area is 212 Å². The number of allylic oxidation sites excluding steroid dienone is 2. The summed E-state index contributed by atoms with van der Waals surface area (Å²) in [6.45, 7) is 6.62. The van der Waals surface area contributed by atoms with Gasteiger partial charge in [-0.3, -0.25) is 4.90 Å². The highest BCUT2D eigenvalue weighted by Crippen LogP contribution is 2.26. The summed E-state index contributed by atoms with van der Waals surface area (Å²) in [4.78, 5) is 17.1. The fourth-order valence-electron chi connectivity index (χ4n) is 5.31. The third-order valence-corrected chi connectivity index (χ3v) is 7.57. The van der Waals surface area contributed by atoms with Crippen LogP contribution in [-0.4, -0.2) is 72.9 Å². The number of rotatable bonds is 5. The van der Waals surface area contributed by atoms with E-state index in [1.54, 1.807) is 0 Å². The van der Waals surface area contributed by atoms with Gasteiger partial charge < -0.3 is 19.5 Å². The number of carbonyl (C=O) groups is 1. The second-order valence-corrected chi connectivity index (χ2v) is 9.99. The third kappa shape index (κ3) is 5.83. The highest BCUT2D eigenvalue weighted by molar-refractivity contribution is 6.30. The molecule has 0 bridgehead atoms. The van der Waals surface area contributed by atoms with Crippen LogP contribution in [0.5, 0.6) is 0 Å². The van der Waals surface area contributed by atoms with Crippen molar-refractivity contribution in [1.82, 2.24) is 19.7 Å². The summed E-state index contributed by atoms with van der Waals surface area (Å²) in [5.41, 5.74) is 2.51. The van der Waals surface area contributed by atoms with Gasteiger partial charge in [0.05, 0.1) is 13.2 Å². The predicted octanol–water partition coefficient (Wildman–Crippen LogP) is 3.26. The Hall–Kier alpha value is -2.54. The first-order chi connectivity index (χ1) is 17.2. The third-order valence-electron chi connectivity index (χ3n) is 7.32. The molecular formula is C28H35ClN4O2. The lowest BCUT2D eigenvalue weighted by Gasteiger charge is -2.32. The molecule has 2 aliphatic heterocycles. The number of amides is 2. The fraction of sp³-hybridized carbons (Fsp3) is 0.464. The molecule has 1 N–H and O–H groups in total. The molecule has 5 rings (SSSR count). The number of morpholine rings is 1. The lowest BCUT2D eigenvalue weighted by atomic mass is 9.90. The number of hydrogen-bond acceptors (Lipinski definition) is 3. The Kier molecular flexibility index (Phi) is 7.92. The first kappa shape index (κ1) is 24.2. The van der Waals surface area contributed by atoms with Crippen molar-refractivity contribution >= 4 is 29.8 Å². The van der Waals surface area contributed by atoms with E-state index in [0.717, 1.165) is 82.3 Å². The van der Waals surface area contributed by atoms with Crippen molar-refractivity contribution in [3.8, 4) is 5.69 Å². The summed E-state index contributed by atoms with van der Waals surface area (Å²) in [6, 6.07) is 8.13. The van der Waals surface area contributed by atoms with E-state index in [-0.39, 0.29) is 6.03 Å². The number of benzene rings is 1. The van der Waals surface area contributed by atoms with E-state index in [1.165, 1.54) is 16.1 Å². The molecule has 0 radical (unpaired) electrons. The molecule has 2 amide bonds. The Bertz CT molecular complexity index is 1160. The molecule has 0 unspecified atom stereocenters. The van der Waals surface area contributed by atoms with Crippen LogP contribution in [-0.2, 0) is 4.74 Å². The smallest absolute Gasteiger partial charge is 0.317 e. The van der Waals surface area contributed by atoms with Crippen molar-refractivity contribution in [1.29, 1.82) is 0 Å². The second-order valence-electron chi connectivity index (χ2n) is 9.55. The molecule has 2 aromatic rings. The number of halogens is 1. The summed E-state index contributed by atoms with van der Waals surface area (Å²) in [6.07, 6.45) is 15.4. The number of carbonyl (C=O) groups excluding carboxylic acids is 1. The zero-order chi connectivity index (χ0) is 24.0. The number of urea groups is 1. The topological polar surface area (TPSA) is 49.7 Å². The average Bonchev–Trinajstić information content (AvgIpc) is 3.22. The number of nitrogens with one attached hydrogen (secondary N) is 1. The average molecular weight is 495 g/mol. The Morgan fingerprint density at radius 2 is 1.83 bits per heavy atom. The van der Waals surface area contributed by atoms with Crippen molar-refractivity contribution in [2.45, 2.75) is 31.6 Å². The van der Waals surface area contributed by atoms with E-state index in [4.69, 9.17) is 16.3 Å². The van der Waals surface area contributed by atoms with Crippen molar-refractivity contribution in [2.75, 3.05) is 52.5 Å². The van der Waals surface area contributed by atoms with Crippen LogP contribution in [0.3, 0.4) is 0 Å². The second kappa shape index (κ2) is 11.5. The van der Waals surface area contributed by atoms with Crippen LogP contribution < -0.4 is 15.9 Å². The summed E-state index contributed by atoms with van der Waals surface area (Å²) < 4.78 is 7.70. The van der Waals surface area contributed by atoms with Crippen molar-refractivity contribution in [3.05, 3.63) is 63.8 Å². The van der Waals surface area contributed by atoms with Crippen molar-refractivity contribution < 1.29 is 9.53 Å². The number of aromatic nitrogens is 1. The van der Waals surface area contributed by atoms with Gasteiger partial charge in [0, 0.05) is 66.7 Å². The van der Waals surface area contributed by atoms with Crippen LogP contribution in [0.25, 0.3) is 17.8 Å². The summed E-state index contributed by atoms with van der Waals surface area (Å²) in [5.74, 6) is 0.437. The van der Waals surface area contributed by atoms with Gasteiger partial charge in [0.25, 0.3) is 0 Å². The number of ether oxygens (including phenoxy) is 1. The normalized spacial score (nSPS) is 19.3. The Balaban J connectivity index is 1.27. The van der Waals surface area contributed by atoms with E-state index in [1.807, 2.05) is 17.0 Å². The van der Waals surface area contributed by atoms with E-state index >= 15 is 0 Å². The molecule has 2 fully saturated rings. The highest BCUT2D eigenvalue weighted by atomic mass is 35.5. The first-order valence-electron chi connectivity index (χ1n) is 12.9. The molecule has 0 atom stereocenters. The molecule has 0 saturated carbocycles.